The second-order valence-electron chi connectivity index (χ2n) is 2.46. The van der Waals surface area contributed by atoms with Crippen molar-refractivity contribution in [2.75, 3.05) is 6.54 Å². The second-order valence-corrected chi connectivity index (χ2v) is 2.46. The molecule has 0 saturated carbocycles. The van der Waals surface area contributed by atoms with Crippen LogP contribution in [0.15, 0.2) is 18.3 Å². The van der Waals surface area contributed by atoms with Gasteiger partial charge in [0.25, 0.3) is 0 Å². The predicted octanol–water partition coefficient (Wildman–Crippen LogP) is 0.742. The summed E-state index contributed by atoms with van der Waals surface area (Å²) in [5.41, 5.74) is 2.53. The third-order valence-corrected chi connectivity index (χ3v) is 1.79. The predicted molar refractivity (Wildman–Crippen MR) is 38.6 cm³/mol. The Hall–Kier alpha value is -0.890. The number of aromatic nitrogens is 1. The number of nitrogens with zero attached hydrogens (tertiary/aromatic N) is 2. The monoisotopic (exact) mass is 133 g/mol. The van der Waals surface area contributed by atoms with Crippen molar-refractivity contribution in [2.24, 2.45) is 0 Å². The lowest BCUT2D eigenvalue weighted by Gasteiger charge is -2.12. The molecule has 0 bridgehead atoms. The van der Waals surface area contributed by atoms with Crippen LogP contribution in [0.25, 0.3) is 0 Å². The number of hydrogen-bond acceptors (Lipinski definition) is 1. The summed E-state index contributed by atoms with van der Waals surface area (Å²) in [5, 5.41) is 4.26. The van der Waals surface area contributed by atoms with Gasteiger partial charge in [0.05, 0.1) is 12.2 Å². The van der Waals surface area contributed by atoms with Crippen LogP contribution in [0.1, 0.15) is 11.3 Å². The van der Waals surface area contributed by atoms with Crippen LogP contribution >= 0.6 is 0 Å². The molecule has 2 rings (SSSR count). The Bertz CT molecular complexity index is 207. The lowest BCUT2D eigenvalue weighted by molar-refractivity contribution is 0.614. The molecule has 1 aromatic heterocycles. The van der Waals surface area contributed by atoms with Crippen LogP contribution in [0.5, 0.6) is 0 Å². The Morgan fingerprint density at radius 3 is 3.30 bits per heavy atom. The fraction of sp³-hybridized carbons (Fsp3) is 0.375. The molecular weight excluding hydrogens is 124 g/mol. The van der Waals surface area contributed by atoms with E-state index >= 15 is 0 Å². The van der Waals surface area contributed by atoms with Crippen molar-refractivity contribution in [2.45, 2.75) is 13.0 Å². The maximum Gasteiger partial charge on any atom is 0.0590 e. The Morgan fingerprint density at radius 2 is 2.40 bits per heavy atom. The summed E-state index contributed by atoms with van der Waals surface area (Å²) >= 11 is 0. The van der Waals surface area contributed by atoms with E-state index in [0.29, 0.717) is 0 Å². The first-order valence-electron chi connectivity index (χ1n) is 3.53. The van der Waals surface area contributed by atoms with Gasteiger partial charge in [-0.15, -0.1) is 0 Å². The average molecular weight is 133 g/mol. The maximum atomic E-state index is 4.26. The molecule has 0 atom stereocenters. The van der Waals surface area contributed by atoms with E-state index in [4.69, 9.17) is 0 Å². The van der Waals surface area contributed by atoms with Crippen molar-refractivity contribution in [3.63, 3.8) is 0 Å². The molecule has 0 amide bonds. The minimum Gasteiger partial charge on any atom is -0.260 e. The summed E-state index contributed by atoms with van der Waals surface area (Å²) in [6.45, 7) is 1.79. The van der Waals surface area contributed by atoms with Crippen molar-refractivity contribution in [3.8, 4) is 0 Å². The van der Waals surface area contributed by atoms with Crippen molar-refractivity contribution in [3.05, 3.63) is 29.6 Å². The minimum absolute atomic E-state index is 0.816. The largest absolute Gasteiger partial charge is 0.260 e. The summed E-state index contributed by atoms with van der Waals surface area (Å²) in [5.74, 6) is 0. The molecule has 0 saturated heterocycles. The van der Waals surface area contributed by atoms with Crippen LogP contribution in [0.2, 0.25) is 0 Å². The molecule has 0 aliphatic carbocycles. The molecule has 0 unspecified atom stereocenters. The molecule has 1 radical (unpaired) electrons. The zero-order valence-corrected chi connectivity index (χ0v) is 5.75. The third-order valence-electron chi connectivity index (χ3n) is 1.79. The summed E-state index contributed by atoms with van der Waals surface area (Å²) in [4.78, 5) is 4.23. The van der Waals surface area contributed by atoms with Crippen LogP contribution in [0.3, 0.4) is 0 Å². The topological polar surface area (TPSA) is 27.0 Å². The number of fused-ring (bicyclic) bond motifs is 1. The zero-order chi connectivity index (χ0) is 6.81. The van der Waals surface area contributed by atoms with E-state index in [0.717, 1.165) is 25.2 Å². The molecule has 0 N–H and O–H groups in total. The second kappa shape index (κ2) is 2.39. The summed E-state index contributed by atoms with van der Waals surface area (Å²) in [6.07, 6.45) is 2.91. The van der Waals surface area contributed by atoms with Crippen LogP contribution in [0.4, 0.5) is 0 Å². The van der Waals surface area contributed by atoms with E-state index in [1.54, 1.807) is 0 Å². The fourth-order valence-electron chi connectivity index (χ4n) is 1.23. The first kappa shape index (κ1) is 5.86. The molecule has 0 aromatic carbocycles. The van der Waals surface area contributed by atoms with E-state index < -0.39 is 0 Å². The Balaban J connectivity index is 2.41. The van der Waals surface area contributed by atoms with Crippen molar-refractivity contribution >= 4 is 0 Å². The van der Waals surface area contributed by atoms with Gasteiger partial charge in [-0.2, -0.15) is 0 Å². The van der Waals surface area contributed by atoms with Gasteiger partial charge in [0.15, 0.2) is 0 Å². The molecule has 2 heterocycles. The van der Waals surface area contributed by atoms with E-state index in [-0.39, 0.29) is 0 Å². The number of pyridine rings is 1. The average Bonchev–Trinajstić information content (AvgIpc) is 2.05. The van der Waals surface area contributed by atoms with Crippen LogP contribution in [-0.2, 0) is 13.0 Å². The van der Waals surface area contributed by atoms with E-state index in [1.807, 2.05) is 12.3 Å². The van der Waals surface area contributed by atoms with Gasteiger partial charge in [-0.05, 0) is 18.1 Å². The van der Waals surface area contributed by atoms with Crippen LogP contribution in [-0.4, -0.2) is 11.5 Å². The zero-order valence-electron chi connectivity index (χ0n) is 5.75. The quantitative estimate of drug-likeness (QED) is 0.513. The molecule has 1 aliphatic heterocycles. The Kier molecular flexibility index (Phi) is 1.40. The molecule has 1 aliphatic rings. The normalized spacial score (nSPS) is 16.4. The molecule has 2 heteroatoms. The highest BCUT2D eigenvalue weighted by atomic mass is 14.9. The molecular formula is C8H9N2. The molecule has 10 heavy (non-hydrogen) atoms. The molecule has 0 fully saturated rings. The van der Waals surface area contributed by atoms with Crippen LogP contribution in [0, 0.1) is 0 Å². The van der Waals surface area contributed by atoms with Gasteiger partial charge in [-0.3, -0.25) is 4.98 Å². The van der Waals surface area contributed by atoms with E-state index in [9.17, 15) is 0 Å². The van der Waals surface area contributed by atoms with Crippen LogP contribution < -0.4 is 5.32 Å². The fourth-order valence-corrected chi connectivity index (χ4v) is 1.23. The summed E-state index contributed by atoms with van der Waals surface area (Å²) in [6, 6.07) is 4.13. The highest BCUT2D eigenvalue weighted by Crippen LogP contribution is 2.09. The van der Waals surface area contributed by atoms with Crippen molar-refractivity contribution in [1.29, 1.82) is 0 Å². The Morgan fingerprint density at radius 1 is 1.40 bits per heavy atom. The minimum atomic E-state index is 0.816. The van der Waals surface area contributed by atoms with Gasteiger partial charge < -0.3 is 0 Å². The Labute approximate surface area is 60.3 Å². The highest BCUT2D eigenvalue weighted by Gasteiger charge is 2.07. The summed E-state index contributed by atoms with van der Waals surface area (Å²) < 4.78 is 0. The first-order chi connectivity index (χ1) is 4.97. The summed E-state index contributed by atoms with van der Waals surface area (Å²) in [7, 11) is 0. The maximum absolute atomic E-state index is 4.26. The SMILES string of the molecule is c1cnc2c(c1)CC[N]C2. The molecule has 51 valence electrons. The molecule has 2 nitrogen and oxygen atoms in total. The highest BCUT2D eigenvalue weighted by molar-refractivity contribution is 5.21. The number of rotatable bonds is 0. The van der Waals surface area contributed by atoms with E-state index in [2.05, 4.69) is 16.4 Å². The number of hydrogen-bond donors (Lipinski definition) is 0. The van der Waals surface area contributed by atoms with Crippen molar-refractivity contribution < 1.29 is 0 Å². The lowest BCUT2D eigenvalue weighted by Crippen LogP contribution is -2.18. The van der Waals surface area contributed by atoms with Gasteiger partial charge in [0.1, 0.15) is 0 Å². The third kappa shape index (κ3) is 0.907. The van der Waals surface area contributed by atoms with E-state index in [1.165, 1.54) is 5.56 Å². The lowest BCUT2D eigenvalue weighted by atomic mass is 10.1. The standard InChI is InChI=1S/C8H9N2/c1-2-7-3-5-9-6-8(7)10-4-1/h1-2,4H,3,5-6H2. The van der Waals surface area contributed by atoms with Gasteiger partial charge in [-0.1, -0.05) is 6.07 Å². The van der Waals surface area contributed by atoms with Gasteiger partial charge in [0.2, 0.25) is 0 Å². The molecule has 1 aromatic rings. The van der Waals surface area contributed by atoms with Gasteiger partial charge in [-0.25, -0.2) is 5.32 Å². The molecule has 0 spiro atoms. The van der Waals surface area contributed by atoms with Crippen molar-refractivity contribution in [1.82, 2.24) is 10.3 Å². The smallest absolute Gasteiger partial charge is 0.0590 e. The first-order valence-corrected chi connectivity index (χ1v) is 3.53. The van der Waals surface area contributed by atoms with Gasteiger partial charge >= 0.3 is 0 Å². The van der Waals surface area contributed by atoms with Gasteiger partial charge in [0, 0.05) is 12.7 Å².